The van der Waals surface area contributed by atoms with Gasteiger partial charge in [0, 0.05) is 25.2 Å². The second kappa shape index (κ2) is 6.76. The van der Waals surface area contributed by atoms with Crippen molar-refractivity contribution in [3.05, 3.63) is 0 Å². The van der Waals surface area contributed by atoms with Crippen LogP contribution >= 0.6 is 0 Å². The summed E-state index contributed by atoms with van der Waals surface area (Å²) in [6.45, 7) is 2.73. The Balaban J connectivity index is 1.52. The lowest BCUT2D eigenvalue weighted by Crippen LogP contribution is -2.51. The molecule has 3 nitrogen and oxygen atoms in total. The van der Waals surface area contributed by atoms with E-state index < -0.39 is 0 Å². The van der Waals surface area contributed by atoms with Gasteiger partial charge in [-0.1, -0.05) is 19.3 Å². The van der Waals surface area contributed by atoms with Crippen molar-refractivity contribution in [2.24, 2.45) is 11.3 Å². The van der Waals surface area contributed by atoms with Crippen molar-refractivity contribution in [1.29, 1.82) is 0 Å². The zero-order valence-corrected chi connectivity index (χ0v) is 12.9. The third-order valence-corrected chi connectivity index (χ3v) is 6.02. The van der Waals surface area contributed by atoms with Crippen molar-refractivity contribution in [3.63, 3.8) is 0 Å². The third kappa shape index (κ3) is 3.55. The molecule has 0 radical (unpaired) electrons. The van der Waals surface area contributed by atoms with E-state index in [9.17, 15) is 5.11 Å². The van der Waals surface area contributed by atoms with Gasteiger partial charge in [-0.15, -0.1) is 0 Å². The maximum absolute atomic E-state index is 9.20. The molecule has 0 aromatic rings. The van der Waals surface area contributed by atoms with Crippen LogP contribution in [0.1, 0.15) is 64.2 Å². The van der Waals surface area contributed by atoms with E-state index in [1.807, 2.05) is 0 Å². The van der Waals surface area contributed by atoms with E-state index in [0.717, 1.165) is 31.0 Å². The van der Waals surface area contributed by atoms with E-state index in [4.69, 9.17) is 0 Å². The third-order valence-electron chi connectivity index (χ3n) is 6.02. The fraction of sp³-hybridized carbons (Fsp3) is 1.00. The van der Waals surface area contributed by atoms with Crippen LogP contribution in [0.15, 0.2) is 0 Å². The van der Waals surface area contributed by atoms with Crippen LogP contribution in [0.3, 0.4) is 0 Å². The normalized spacial score (nSPS) is 36.8. The number of aliphatic hydroxyl groups excluding tert-OH is 1. The van der Waals surface area contributed by atoms with Gasteiger partial charge in [-0.25, -0.2) is 0 Å². The molecule has 0 amide bonds. The fourth-order valence-electron chi connectivity index (χ4n) is 4.42. The highest BCUT2D eigenvalue weighted by Crippen LogP contribution is 2.48. The van der Waals surface area contributed by atoms with Gasteiger partial charge in [0.25, 0.3) is 0 Å². The molecule has 2 aliphatic carbocycles. The number of rotatable bonds is 6. The lowest BCUT2D eigenvalue weighted by molar-refractivity contribution is 0.170. The number of piperidine rings is 1. The first-order chi connectivity index (χ1) is 9.83. The van der Waals surface area contributed by atoms with Crippen LogP contribution < -0.4 is 10.6 Å². The number of hydrogen-bond donors (Lipinski definition) is 3. The maximum Gasteiger partial charge on any atom is 0.0436 e. The highest BCUT2D eigenvalue weighted by atomic mass is 16.3. The monoisotopic (exact) mass is 280 g/mol. The summed E-state index contributed by atoms with van der Waals surface area (Å²) >= 11 is 0. The molecule has 0 aromatic heterocycles. The summed E-state index contributed by atoms with van der Waals surface area (Å²) in [5.41, 5.74) is 0.455. The summed E-state index contributed by atoms with van der Waals surface area (Å²) < 4.78 is 0. The molecule has 1 heterocycles. The first-order valence-electron chi connectivity index (χ1n) is 8.91. The van der Waals surface area contributed by atoms with E-state index >= 15 is 0 Å². The fourth-order valence-corrected chi connectivity index (χ4v) is 4.42. The van der Waals surface area contributed by atoms with E-state index in [2.05, 4.69) is 10.6 Å². The average Bonchev–Trinajstić information content (AvgIpc) is 3.27. The summed E-state index contributed by atoms with van der Waals surface area (Å²) in [5.74, 6) is 0.842. The number of aliphatic hydroxyl groups is 1. The SMILES string of the molecule is OCCC1(CNC2CCCCC2C2CCCCN2)CC1. The average molecular weight is 280 g/mol. The van der Waals surface area contributed by atoms with Crippen molar-refractivity contribution in [2.75, 3.05) is 19.7 Å². The zero-order chi connectivity index (χ0) is 13.8. The van der Waals surface area contributed by atoms with Gasteiger partial charge in [0.1, 0.15) is 0 Å². The van der Waals surface area contributed by atoms with Crippen LogP contribution in [0.25, 0.3) is 0 Å². The summed E-state index contributed by atoms with van der Waals surface area (Å²) in [5, 5.41) is 16.9. The summed E-state index contributed by atoms with van der Waals surface area (Å²) in [7, 11) is 0. The van der Waals surface area contributed by atoms with Crippen molar-refractivity contribution in [1.82, 2.24) is 10.6 Å². The molecule has 0 bridgehead atoms. The van der Waals surface area contributed by atoms with E-state index in [1.54, 1.807) is 0 Å². The van der Waals surface area contributed by atoms with Gasteiger partial charge in [0.05, 0.1) is 0 Å². The highest BCUT2D eigenvalue weighted by molar-refractivity contribution is 4.97. The molecule has 0 aromatic carbocycles. The molecule has 3 heteroatoms. The quantitative estimate of drug-likeness (QED) is 0.700. The molecular weight excluding hydrogens is 248 g/mol. The molecule has 3 aliphatic rings. The molecule has 3 N–H and O–H groups in total. The first-order valence-corrected chi connectivity index (χ1v) is 8.91. The van der Waals surface area contributed by atoms with Gasteiger partial charge in [-0.3, -0.25) is 0 Å². The predicted molar refractivity (Wildman–Crippen MR) is 82.8 cm³/mol. The van der Waals surface area contributed by atoms with Crippen LogP contribution in [0.5, 0.6) is 0 Å². The molecule has 3 atom stereocenters. The summed E-state index contributed by atoms with van der Waals surface area (Å²) in [6.07, 6.45) is 13.4. The highest BCUT2D eigenvalue weighted by Gasteiger charge is 2.42. The number of hydrogen-bond acceptors (Lipinski definition) is 3. The van der Waals surface area contributed by atoms with Gasteiger partial charge < -0.3 is 15.7 Å². The van der Waals surface area contributed by atoms with Gasteiger partial charge >= 0.3 is 0 Å². The number of nitrogens with one attached hydrogen (secondary N) is 2. The van der Waals surface area contributed by atoms with Crippen LogP contribution in [-0.4, -0.2) is 36.9 Å². The summed E-state index contributed by atoms with van der Waals surface area (Å²) in [6, 6.07) is 1.48. The Hall–Kier alpha value is -0.120. The van der Waals surface area contributed by atoms with Crippen molar-refractivity contribution < 1.29 is 5.11 Å². The maximum atomic E-state index is 9.20. The van der Waals surface area contributed by atoms with E-state index in [1.165, 1.54) is 64.3 Å². The topological polar surface area (TPSA) is 44.3 Å². The Morgan fingerprint density at radius 3 is 2.55 bits per heavy atom. The van der Waals surface area contributed by atoms with Crippen LogP contribution in [0.2, 0.25) is 0 Å². The molecular formula is C17H32N2O. The first kappa shape index (κ1) is 14.8. The largest absolute Gasteiger partial charge is 0.396 e. The van der Waals surface area contributed by atoms with E-state index in [-0.39, 0.29) is 0 Å². The van der Waals surface area contributed by atoms with Crippen LogP contribution in [0.4, 0.5) is 0 Å². The lowest BCUT2D eigenvalue weighted by Gasteiger charge is -2.40. The standard InChI is InChI=1S/C17H32N2O/c20-12-10-17(8-9-17)13-19-16-6-2-1-5-14(16)15-7-3-4-11-18-15/h14-16,18-20H,1-13H2. The van der Waals surface area contributed by atoms with Crippen LogP contribution in [0, 0.1) is 11.3 Å². The van der Waals surface area contributed by atoms with Crippen molar-refractivity contribution in [3.8, 4) is 0 Å². The second-order valence-electron chi connectivity index (χ2n) is 7.47. The molecule has 0 spiro atoms. The van der Waals surface area contributed by atoms with Crippen LogP contribution in [-0.2, 0) is 0 Å². The molecule has 20 heavy (non-hydrogen) atoms. The van der Waals surface area contributed by atoms with Gasteiger partial charge in [0.15, 0.2) is 0 Å². The minimum Gasteiger partial charge on any atom is -0.396 e. The second-order valence-corrected chi connectivity index (χ2v) is 7.47. The minimum atomic E-state index is 0.361. The molecule has 116 valence electrons. The van der Waals surface area contributed by atoms with Crippen molar-refractivity contribution in [2.45, 2.75) is 76.3 Å². The smallest absolute Gasteiger partial charge is 0.0436 e. The Morgan fingerprint density at radius 1 is 1.05 bits per heavy atom. The molecule has 3 fully saturated rings. The molecule has 1 aliphatic heterocycles. The Morgan fingerprint density at radius 2 is 1.85 bits per heavy atom. The Labute approximate surface area is 123 Å². The van der Waals surface area contributed by atoms with Gasteiger partial charge in [-0.05, 0) is 62.8 Å². The Bertz CT molecular complexity index is 297. The zero-order valence-electron chi connectivity index (χ0n) is 12.9. The Kier molecular flexibility index (Phi) is 5.00. The molecule has 3 unspecified atom stereocenters. The lowest BCUT2D eigenvalue weighted by atomic mass is 9.77. The molecule has 1 saturated heterocycles. The summed E-state index contributed by atoms with van der Waals surface area (Å²) in [4.78, 5) is 0. The predicted octanol–water partition coefficient (Wildman–Crippen LogP) is 2.44. The van der Waals surface area contributed by atoms with Gasteiger partial charge in [-0.2, -0.15) is 0 Å². The van der Waals surface area contributed by atoms with Gasteiger partial charge in [0.2, 0.25) is 0 Å². The van der Waals surface area contributed by atoms with Crippen molar-refractivity contribution >= 4 is 0 Å². The molecule has 2 saturated carbocycles. The molecule has 3 rings (SSSR count). The van der Waals surface area contributed by atoms with E-state index in [0.29, 0.717) is 12.0 Å². The minimum absolute atomic E-state index is 0.361.